The number of rotatable bonds is 3. The number of carbonyl (C=O) groups is 2. The summed E-state index contributed by atoms with van der Waals surface area (Å²) in [5.74, 6) is 1.22. The number of amides is 1. The van der Waals surface area contributed by atoms with Gasteiger partial charge in [0.05, 0.1) is 13.7 Å². The summed E-state index contributed by atoms with van der Waals surface area (Å²) in [5.41, 5.74) is 0. The highest BCUT2D eigenvalue weighted by molar-refractivity contribution is 5.94. The van der Waals surface area contributed by atoms with E-state index in [2.05, 4.69) is 16.0 Å². The Hall–Kier alpha value is -1.76. The average Bonchev–Trinajstić information content (AvgIpc) is 2.10. The zero-order valence-electron chi connectivity index (χ0n) is 6.66. The number of carbonyl (C=O) groups excluding carboxylic acids is 2. The van der Waals surface area contributed by atoms with Crippen LogP contribution in [0.25, 0.3) is 0 Å². The van der Waals surface area contributed by atoms with Crippen LogP contribution < -0.4 is 5.32 Å². The van der Waals surface area contributed by atoms with Crippen LogP contribution in [0.4, 0.5) is 0 Å². The second-order valence-electron chi connectivity index (χ2n) is 1.78. The van der Waals surface area contributed by atoms with Crippen molar-refractivity contribution in [2.24, 2.45) is 0 Å². The van der Waals surface area contributed by atoms with Gasteiger partial charge in [-0.25, -0.2) is 4.79 Å². The summed E-state index contributed by atoms with van der Waals surface area (Å²) in [6, 6.07) is 0. The van der Waals surface area contributed by atoms with Crippen molar-refractivity contribution >= 4 is 11.9 Å². The Kier molecular flexibility index (Phi) is 5.11. The van der Waals surface area contributed by atoms with Crippen molar-refractivity contribution in [3.63, 3.8) is 0 Å². The molecular weight excluding hydrogens is 158 g/mol. The number of ether oxygens (including phenoxy) is 1. The van der Waals surface area contributed by atoms with E-state index in [0.717, 1.165) is 12.2 Å². The minimum absolute atomic E-state index is 0.143. The topological polar surface area (TPSA) is 55.4 Å². The first-order valence-corrected chi connectivity index (χ1v) is 3.18. The van der Waals surface area contributed by atoms with Crippen molar-refractivity contribution in [2.45, 2.75) is 0 Å². The monoisotopic (exact) mass is 167 g/mol. The molecule has 0 bridgehead atoms. The lowest BCUT2D eigenvalue weighted by Crippen LogP contribution is -2.21. The van der Waals surface area contributed by atoms with Crippen molar-refractivity contribution in [1.82, 2.24) is 5.32 Å². The Labute approximate surface area is 70.6 Å². The molecule has 4 heteroatoms. The number of terminal acetylenes is 1. The van der Waals surface area contributed by atoms with Crippen LogP contribution in [0.3, 0.4) is 0 Å². The van der Waals surface area contributed by atoms with Crippen LogP contribution in [-0.4, -0.2) is 25.5 Å². The molecule has 0 aliphatic heterocycles. The van der Waals surface area contributed by atoms with Gasteiger partial charge in [-0.3, -0.25) is 4.79 Å². The van der Waals surface area contributed by atoms with Crippen molar-refractivity contribution in [3.8, 4) is 12.3 Å². The third-order valence-corrected chi connectivity index (χ3v) is 0.937. The van der Waals surface area contributed by atoms with Crippen molar-refractivity contribution in [2.75, 3.05) is 13.7 Å². The number of methoxy groups -OCH3 is 1. The van der Waals surface area contributed by atoms with Gasteiger partial charge < -0.3 is 10.1 Å². The van der Waals surface area contributed by atoms with E-state index in [1.807, 2.05) is 0 Å². The molecule has 0 fully saturated rings. The number of esters is 1. The van der Waals surface area contributed by atoms with E-state index in [9.17, 15) is 9.59 Å². The summed E-state index contributed by atoms with van der Waals surface area (Å²) in [5, 5.41) is 2.34. The Morgan fingerprint density at radius 1 is 1.58 bits per heavy atom. The molecule has 0 aliphatic carbocycles. The van der Waals surface area contributed by atoms with Gasteiger partial charge in [0.1, 0.15) is 0 Å². The molecule has 0 heterocycles. The minimum Gasteiger partial charge on any atom is -0.466 e. The predicted octanol–water partition coefficient (Wildman–Crippen LogP) is -0.535. The maximum Gasteiger partial charge on any atom is 0.330 e. The first kappa shape index (κ1) is 10.2. The lowest BCUT2D eigenvalue weighted by Gasteiger charge is -1.93. The highest BCUT2D eigenvalue weighted by atomic mass is 16.5. The molecule has 0 aromatic heterocycles. The normalized spacial score (nSPS) is 9.00. The molecule has 0 saturated heterocycles. The zero-order valence-corrected chi connectivity index (χ0v) is 6.66. The predicted molar refractivity (Wildman–Crippen MR) is 43.0 cm³/mol. The van der Waals surface area contributed by atoms with Gasteiger partial charge in [0, 0.05) is 12.2 Å². The molecule has 0 unspecified atom stereocenters. The number of nitrogens with one attached hydrogen (secondary N) is 1. The molecule has 4 nitrogen and oxygen atoms in total. The molecule has 0 saturated carbocycles. The smallest absolute Gasteiger partial charge is 0.330 e. The molecular formula is C8H9NO3. The highest BCUT2D eigenvalue weighted by Crippen LogP contribution is 1.77. The summed E-state index contributed by atoms with van der Waals surface area (Å²) in [7, 11) is 1.23. The average molecular weight is 167 g/mol. The SMILES string of the molecule is C#CCNC(=O)/C=C/C(=O)OC. The molecule has 0 aromatic carbocycles. The van der Waals surface area contributed by atoms with Gasteiger partial charge in [-0.1, -0.05) is 5.92 Å². The van der Waals surface area contributed by atoms with Crippen LogP contribution in [0.1, 0.15) is 0 Å². The van der Waals surface area contributed by atoms with Gasteiger partial charge in [0.15, 0.2) is 0 Å². The third kappa shape index (κ3) is 5.06. The highest BCUT2D eigenvalue weighted by Gasteiger charge is 1.94. The van der Waals surface area contributed by atoms with E-state index in [1.54, 1.807) is 0 Å². The van der Waals surface area contributed by atoms with E-state index in [4.69, 9.17) is 6.42 Å². The van der Waals surface area contributed by atoms with Gasteiger partial charge in [0.2, 0.25) is 5.91 Å². The zero-order chi connectivity index (χ0) is 9.40. The number of hydrogen-bond donors (Lipinski definition) is 1. The van der Waals surface area contributed by atoms with Crippen LogP contribution in [0.15, 0.2) is 12.2 Å². The molecule has 0 aromatic rings. The van der Waals surface area contributed by atoms with Crippen LogP contribution in [0.2, 0.25) is 0 Å². The minimum atomic E-state index is -0.578. The van der Waals surface area contributed by atoms with E-state index < -0.39 is 11.9 Å². The van der Waals surface area contributed by atoms with E-state index in [0.29, 0.717) is 0 Å². The Bertz CT molecular complexity index is 237. The molecule has 0 rings (SSSR count). The van der Waals surface area contributed by atoms with Crippen LogP contribution >= 0.6 is 0 Å². The fourth-order valence-corrected chi connectivity index (χ4v) is 0.409. The summed E-state index contributed by atoms with van der Waals surface area (Å²) in [4.78, 5) is 21.2. The fraction of sp³-hybridized carbons (Fsp3) is 0.250. The van der Waals surface area contributed by atoms with E-state index in [1.165, 1.54) is 7.11 Å². The van der Waals surface area contributed by atoms with Gasteiger partial charge >= 0.3 is 5.97 Å². The van der Waals surface area contributed by atoms with Gasteiger partial charge in [-0.2, -0.15) is 0 Å². The lowest BCUT2D eigenvalue weighted by atomic mass is 10.4. The molecule has 1 amide bonds. The van der Waals surface area contributed by atoms with Crippen molar-refractivity contribution < 1.29 is 14.3 Å². The standard InChI is InChI=1S/C8H9NO3/c1-3-6-9-7(10)4-5-8(11)12-2/h1,4-5H,6H2,2H3,(H,9,10)/b5-4+. The Morgan fingerprint density at radius 3 is 2.75 bits per heavy atom. The Balaban J connectivity index is 3.77. The molecule has 0 radical (unpaired) electrons. The molecule has 0 aliphatic rings. The third-order valence-electron chi connectivity index (χ3n) is 0.937. The lowest BCUT2D eigenvalue weighted by molar-refractivity contribution is -0.135. The first-order valence-electron chi connectivity index (χ1n) is 3.18. The molecule has 1 N–H and O–H groups in total. The van der Waals surface area contributed by atoms with Gasteiger partial charge in [0.25, 0.3) is 0 Å². The molecule has 12 heavy (non-hydrogen) atoms. The van der Waals surface area contributed by atoms with Crippen molar-refractivity contribution in [3.05, 3.63) is 12.2 Å². The van der Waals surface area contributed by atoms with Crippen LogP contribution in [0.5, 0.6) is 0 Å². The largest absolute Gasteiger partial charge is 0.466 e. The van der Waals surface area contributed by atoms with Gasteiger partial charge in [-0.15, -0.1) is 6.42 Å². The summed E-state index contributed by atoms with van der Waals surface area (Å²) in [6.45, 7) is 0.143. The van der Waals surface area contributed by atoms with E-state index in [-0.39, 0.29) is 6.54 Å². The molecule has 0 atom stereocenters. The number of hydrogen-bond acceptors (Lipinski definition) is 3. The van der Waals surface area contributed by atoms with E-state index >= 15 is 0 Å². The second-order valence-corrected chi connectivity index (χ2v) is 1.78. The summed E-state index contributed by atoms with van der Waals surface area (Å²) < 4.78 is 4.26. The summed E-state index contributed by atoms with van der Waals surface area (Å²) >= 11 is 0. The fourth-order valence-electron chi connectivity index (χ4n) is 0.409. The van der Waals surface area contributed by atoms with Crippen molar-refractivity contribution in [1.29, 1.82) is 0 Å². The molecule has 64 valence electrons. The quantitative estimate of drug-likeness (QED) is 0.349. The van der Waals surface area contributed by atoms with Crippen LogP contribution in [-0.2, 0) is 14.3 Å². The van der Waals surface area contributed by atoms with Crippen LogP contribution in [0, 0.1) is 12.3 Å². The Morgan fingerprint density at radius 2 is 2.25 bits per heavy atom. The maximum absolute atomic E-state index is 10.7. The first-order chi connectivity index (χ1) is 5.70. The molecule has 0 spiro atoms. The second kappa shape index (κ2) is 5.98. The summed E-state index contributed by atoms with van der Waals surface area (Å²) in [6.07, 6.45) is 6.96. The van der Waals surface area contributed by atoms with Gasteiger partial charge in [-0.05, 0) is 0 Å². The maximum atomic E-state index is 10.7.